The zero-order chi connectivity index (χ0) is 17.4. The lowest BCUT2D eigenvalue weighted by molar-refractivity contribution is -0.129. The summed E-state index contributed by atoms with van der Waals surface area (Å²) >= 11 is 11.9. The molecule has 0 aliphatic heterocycles. The summed E-state index contributed by atoms with van der Waals surface area (Å²) in [5.74, 6) is -0.901. The highest BCUT2D eigenvalue weighted by molar-refractivity contribution is 6.43. The molecule has 0 atom stereocenters. The first-order chi connectivity index (χ1) is 11.6. The Balaban J connectivity index is 1.77. The maximum absolute atomic E-state index is 11.7. The zero-order valence-corrected chi connectivity index (χ0v) is 14.1. The first kappa shape index (κ1) is 18.0. The maximum atomic E-state index is 11.7. The Bertz CT molecular complexity index is 749. The quantitative estimate of drug-likeness (QED) is 0.470. The Morgan fingerprint density at radius 2 is 1.75 bits per heavy atom. The minimum Gasteiger partial charge on any atom is -0.352 e. The number of hydrazone groups is 1. The lowest BCUT2D eigenvalue weighted by Crippen LogP contribution is -2.29. The molecule has 2 rings (SSSR count). The fraction of sp³-hybridized carbons (Fsp3) is 0.118. The number of nitrogens with one attached hydrogen (secondary N) is 2. The van der Waals surface area contributed by atoms with Gasteiger partial charge in [0.1, 0.15) is 6.42 Å². The average molecular weight is 364 g/mol. The second kappa shape index (κ2) is 9.05. The standard InChI is InChI=1S/C17H15Cl2N3O2/c18-14-8-4-7-13(17(14)19)11-21-22-16(24)9-15(23)20-10-12-5-2-1-3-6-12/h1-8,11H,9-10H2,(H,20,23)(H,22,24). The van der Waals surface area contributed by atoms with Gasteiger partial charge in [-0.05, 0) is 11.6 Å². The summed E-state index contributed by atoms with van der Waals surface area (Å²) in [4.78, 5) is 23.4. The molecule has 2 amide bonds. The SMILES string of the molecule is O=C(CC(=O)NN=Cc1cccc(Cl)c1Cl)NCc1ccccc1. The Kier molecular flexibility index (Phi) is 6.78. The third-order valence-electron chi connectivity index (χ3n) is 3.03. The second-order valence-corrected chi connectivity index (χ2v) is 5.66. The van der Waals surface area contributed by atoms with Crippen molar-refractivity contribution in [3.8, 4) is 0 Å². The molecule has 7 heteroatoms. The molecule has 24 heavy (non-hydrogen) atoms. The molecule has 2 aromatic carbocycles. The molecule has 0 aliphatic rings. The number of benzene rings is 2. The van der Waals surface area contributed by atoms with Crippen LogP contribution in [0.3, 0.4) is 0 Å². The van der Waals surface area contributed by atoms with Crippen molar-refractivity contribution in [2.24, 2.45) is 5.10 Å². The third kappa shape index (κ3) is 5.68. The van der Waals surface area contributed by atoms with Gasteiger partial charge in [-0.1, -0.05) is 65.7 Å². The van der Waals surface area contributed by atoms with Crippen molar-refractivity contribution in [3.63, 3.8) is 0 Å². The lowest BCUT2D eigenvalue weighted by Gasteiger charge is -2.04. The van der Waals surface area contributed by atoms with E-state index in [1.54, 1.807) is 18.2 Å². The number of carbonyl (C=O) groups excluding carboxylic acids is 2. The van der Waals surface area contributed by atoms with E-state index in [9.17, 15) is 9.59 Å². The molecule has 2 N–H and O–H groups in total. The minimum absolute atomic E-state index is 0.312. The van der Waals surface area contributed by atoms with Gasteiger partial charge in [-0.25, -0.2) is 5.43 Å². The van der Waals surface area contributed by atoms with Gasteiger partial charge in [0.15, 0.2) is 0 Å². The first-order valence-electron chi connectivity index (χ1n) is 7.13. The van der Waals surface area contributed by atoms with Crippen LogP contribution >= 0.6 is 23.2 Å². The first-order valence-corrected chi connectivity index (χ1v) is 7.88. The highest BCUT2D eigenvalue weighted by atomic mass is 35.5. The molecule has 0 aliphatic carbocycles. The van der Waals surface area contributed by atoms with Crippen LogP contribution in [0.1, 0.15) is 17.5 Å². The van der Waals surface area contributed by atoms with Gasteiger partial charge in [-0.2, -0.15) is 5.10 Å². The Labute approximate surface area is 149 Å². The minimum atomic E-state index is -0.519. The second-order valence-electron chi connectivity index (χ2n) is 4.88. The average Bonchev–Trinajstić information content (AvgIpc) is 2.58. The summed E-state index contributed by atoms with van der Waals surface area (Å²) in [7, 11) is 0. The van der Waals surface area contributed by atoms with Gasteiger partial charge in [0.25, 0.3) is 0 Å². The molecule has 2 aromatic rings. The van der Waals surface area contributed by atoms with E-state index >= 15 is 0 Å². The lowest BCUT2D eigenvalue weighted by atomic mass is 10.2. The number of hydrogen-bond acceptors (Lipinski definition) is 3. The fourth-order valence-corrected chi connectivity index (χ4v) is 2.19. The van der Waals surface area contributed by atoms with Crippen LogP contribution in [0.15, 0.2) is 53.6 Å². The Hall–Kier alpha value is -2.37. The number of halogens is 2. The fourth-order valence-electron chi connectivity index (χ4n) is 1.84. The van der Waals surface area contributed by atoms with Crippen molar-refractivity contribution in [3.05, 3.63) is 69.7 Å². The Morgan fingerprint density at radius 3 is 2.50 bits per heavy atom. The molecule has 0 radical (unpaired) electrons. The highest BCUT2D eigenvalue weighted by Crippen LogP contribution is 2.23. The largest absolute Gasteiger partial charge is 0.352 e. The van der Waals surface area contributed by atoms with E-state index in [1.807, 2.05) is 30.3 Å². The molecule has 0 fully saturated rings. The molecule has 0 heterocycles. The van der Waals surface area contributed by atoms with Crippen LogP contribution in [0.25, 0.3) is 0 Å². The van der Waals surface area contributed by atoms with Crippen LogP contribution in [0.2, 0.25) is 10.0 Å². The molecular weight excluding hydrogens is 349 g/mol. The van der Waals surface area contributed by atoms with E-state index < -0.39 is 5.91 Å². The van der Waals surface area contributed by atoms with Gasteiger partial charge >= 0.3 is 0 Å². The number of amides is 2. The summed E-state index contributed by atoms with van der Waals surface area (Å²) < 4.78 is 0. The van der Waals surface area contributed by atoms with E-state index in [0.29, 0.717) is 22.2 Å². The normalized spacial score (nSPS) is 10.6. The van der Waals surface area contributed by atoms with E-state index in [0.717, 1.165) is 5.56 Å². The van der Waals surface area contributed by atoms with Gasteiger partial charge in [0.05, 0.1) is 16.3 Å². The van der Waals surface area contributed by atoms with Gasteiger partial charge < -0.3 is 5.32 Å². The molecule has 0 unspecified atom stereocenters. The molecule has 0 saturated carbocycles. The van der Waals surface area contributed by atoms with Crippen molar-refractivity contribution >= 4 is 41.2 Å². The van der Waals surface area contributed by atoms with Gasteiger partial charge in [0.2, 0.25) is 11.8 Å². The predicted octanol–water partition coefficient (Wildman–Crippen LogP) is 3.15. The number of rotatable bonds is 6. The van der Waals surface area contributed by atoms with Crippen LogP contribution < -0.4 is 10.7 Å². The van der Waals surface area contributed by atoms with Crippen LogP contribution in [0.4, 0.5) is 0 Å². The van der Waals surface area contributed by atoms with Crippen LogP contribution in [-0.4, -0.2) is 18.0 Å². The van der Waals surface area contributed by atoms with E-state index in [4.69, 9.17) is 23.2 Å². The topological polar surface area (TPSA) is 70.6 Å². The molecule has 0 aromatic heterocycles. The summed E-state index contributed by atoms with van der Waals surface area (Å²) in [5.41, 5.74) is 3.80. The predicted molar refractivity (Wildman–Crippen MR) is 95.1 cm³/mol. The summed E-state index contributed by atoms with van der Waals surface area (Å²) in [6.07, 6.45) is 1.06. The summed E-state index contributed by atoms with van der Waals surface area (Å²) in [5, 5.41) is 7.17. The van der Waals surface area contributed by atoms with Crippen molar-refractivity contribution in [1.29, 1.82) is 0 Å². The Morgan fingerprint density at radius 1 is 1.00 bits per heavy atom. The van der Waals surface area contributed by atoms with Crippen molar-refractivity contribution < 1.29 is 9.59 Å². The molecule has 0 saturated heterocycles. The number of nitrogens with zero attached hydrogens (tertiary/aromatic N) is 1. The summed E-state index contributed by atoms with van der Waals surface area (Å²) in [6.45, 7) is 0.369. The zero-order valence-electron chi connectivity index (χ0n) is 12.6. The monoisotopic (exact) mass is 363 g/mol. The van der Waals surface area contributed by atoms with E-state index in [2.05, 4.69) is 15.8 Å². The highest BCUT2D eigenvalue weighted by Gasteiger charge is 2.08. The van der Waals surface area contributed by atoms with Gasteiger partial charge in [-0.3, -0.25) is 9.59 Å². The van der Waals surface area contributed by atoms with Crippen molar-refractivity contribution in [2.45, 2.75) is 13.0 Å². The molecular formula is C17H15Cl2N3O2. The maximum Gasteiger partial charge on any atom is 0.249 e. The van der Waals surface area contributed by atoms with Crippen LogP contribution in [0.5, 0.6) is 0 Å². The van der Waals surface area contributed by atoms with Crippen molar-refractivity contribution in [1.82, 2.24) is 10.7 Å². The molecule has 124 valence electrons. The molecule has 0 spiro atoms. The number of carbonyl (C=O) groups is 2. The van der Waals surface area contributed by atoms with Gasteiger partial charge in [0, 0.05) is 12.1 Å². The van der Waals surface area contributed by atoms with Crippen LogP contribution in [-0.2, 0) is 16.1 Å². The summed E-state index contributed by atoms with van der Waals surface area (Å²) in [6, 6.07) is 14.5. The molecule has 5 nitrogen and oxygen atoms in total. The van der Waals surface area contributed by atoms with E-state index in [1.165, 1.54) is 6.21 Å². The molecule has 0 bridgehead atoms. The number of hydrogen-bond donors (Lipinski definition) is 2. The van der Waals surface area contributed by atoms with Crippen LogP contribution in [0, 0.1) is 0 Å². The van der Waals surface area contributed by atoms with Crippen molar-refractivity contribution in [2.75, 3.05) is 0 Å². The smallest absolute Gasteiger partial charge is 0.249 e. The van der Waals surface area contributed by atoms with E-state index in [-0.39, 0.29) is 12.3 Å². The van der Waals surface area contributed by atoms with Gasteiger partial charge in [-0.15, -0.1) is 0 Å². The third-order valence-corrected chi connectivity index (χ3v) is 3.86.